The van der Waals surface area contributed by atoms with Crippen LogP contribution in [0.2, 0.25) is 0 Å². The van der Waals surface area contributed by atoms with Crippen LogP contribution in [0.25, 0.3) is 0 Å². The molecule has 0 amide bonds. The van der Waals surface area contributed by atoms with Crippen LogP contribution in [0.3, 0.4) is 0 Å². The first-order chi connectivity index (χ1) is 6.52. The van der Waals surface area contributed by atoms with Crippen LogP contribution in [0.15, 0.2) is 6.07 Å². The summed E-state index contributed by atoms with van der Waals surface area (Å²) in [6.45, 7) is -0.305. The number of hydrogen-bond donors (Lipinski definition) is 1. The lowest BCUT2D eigenvalue weighted by Gasteiger charge is -2.05. The number of thiophene rings is 1. The highest BCUT2D eigenvalue weighted by molar-refractivity contribution is 7.12. The quantitative estimate of drug-likeness (QED) is 0.815. The van der Waals surface area contributed by atoms with Crippen LogP contribution in [0, 0.1) is 0 Å². The van der Waals surface area contributed by atoms with Crippen molar-refractivity contribution >= 4 is 11.3 Å². The van der Waals surface area contributed by atoms with E-state index < -0.39 is 11.1 Å². The van der Waals surface area contributed by atoms with Gasteiger partial charge in [0.25, 0.3) is 0 Å². The van der Waals surface area contributed by atoms with Crippen LogP contribution < -0.4 is 0 Å². The highest BCUT2D eigenvalue weighted by Gasteiger charge is 2.40. The van der Waals surface area contributed by atoms with Crippen molar-refractivity contribution in [3.05, 3.63) is 21.4 Å². The fourth-order valence-electron chi connectivity index (χ4n) is 1.46. The van der Waals surface area contributed by atoms with Crippen molar-refractivity contribution in [2.24, 2.45) is 0 Å². The lowest BCUT2D eigenvalue weighted by Crippen LogP contribution is -2.04. The summed E-state index contributed by atoms with van der Waals surface area (Å²) in [4.78, 5) is -0.122. The summed E-state index contributed by atoms with van der Waals surface area (Å²) >= 11 is 0.660. The van der Waals surface area contributed by atoms with Gasteiger partial charge in [-0.1, -0.05) is 0 Å². The monoisotopic (exact) mass is 222 g/mol. The molecule has 0 unspecified atom stereocenters. The molecule has 0 spiro atoms. The zero-order chi connectivity index (χ0) is 10.3. The molecular formula is C9H9F3OS. The molecule has 2 rings (SSSR count). The predicted molar refractivity (Wildman–Crippen MR) is 47.2 cm³/mol. The molecule has 0 aromatic carbocycles. The molecule has 1 aromatic heterocycles. The minimum Gasteiger partial charge on any atom is -0.391 e. The molecule has 0 aliphatic heterocycles. The molecule has 1 aliphatic rings. The first-order valence-electron chi connectivity index (χ1n) is 4.33. The molecule has 1 fully saturated rings. The van der Waals surface area contributed by atoms with Crippen molar-refractivity contribution in [1.82, 2.24) is 0 Å². The Morgan fingerprint density at radius 3 is 2.50 bits per heavy atom. The summed E-state index contributed by atoms with van der Waals surface area (Å²) in [6.07, 6.45) is -2.59. The first kappa shape index (κ1) is 9.98. The third kappa shape index (κ3) is 1.79. The number of hydrogen-bond acceptors (Lipinski definition) is 2. The average Bonchev–Trinajstić information content (AvgIpc) is 2.83. The van der Waals surface area contributed by atoms with E-state index in [1.165, 1.54) is 6.07 Å². The summed E-state index contributed by atoms with van der Waals surface area (Å²) in [5.74, 6) is 0.0724. The van der Waals surface area contributed by atoms with Crippen molar-refractivity contribution in [3.8, 4) is 0 Å². The van der Waals surface area contributed by atoms with Gasteiger partial charge in [0, 0.05) is 4.88 Å². The second kappa shape index (κ2) is 3.24. The van der Waals surface area contributed by atoms with E-state index in [0.717, 1.165) is 12.8 Å². The van der Waals surface area contributed by atoms with Crippen molar-refractivity contribution in [3.63, 3.8) is 0 Å². The summed E-state index contributed by atoms with van der Waals surface area (Å²) in [7, 11) is 0. The third-order valence-corrected chi connectivity index (χ3v) is 3.42. The lowest BCUT2D eigenvalue weighted by atomic mass is 10.1. The van der Waals surface area contributed by atoms with E-state index in [-0.39, 0.29) is 12.5 Å². The molecule has 5 heteroatoms. The summed E-state index contributed by atoms with van der Waals surface area (Å²) in [5.41, 5.74) is 0.381. The lowest BCUT2D eigenvalue weighted by molar-refractivity contribution is -0.134. The van der Waals surface area contributed by atoms with E-state index in [0.29, 0.717) is 21.8 Å². The van der Waals surface area contributed by atoms with Gasteiger partial charge >= 0.3 is 6.18 Å². The standard InChI is InChI=1S/C9H9F3OS/c10-9(11,12)8-7(5-1-2-5)3-6(4-13)14-8/h3,5,13H,1-2,4H2. The Morgan fingerprint density at radius 2 is 2.07 bits per heavy atom. The van der Waals surface area contributed by atoms with Gasteiger partial charge in [0.1, 0.15) is 4.88 Å². The van der Waals surface area contributed by atoms with Gasteiger partial charge in [0.15, 0.2) is 0 Å². The first-order valence-corrected chi connectivity index (χ1v) is 5.14. The largest absolute Gasteiger partial charge is 0.425 e. The molecular weight excluding hydrogens is 213 g/mol. The van der Waals surface area contributed by atoms with Gasteiger partial charge in [-0.25, -0.2) is 0 Å². The number of alkyl halides is 3. The van der Waals surface area contributed by atoms with Crippen LogP contribution in [0.1, 0.15) is 34.1 Å². The van der Waals surface area contributed by atoms with Gasteiger partial charge < -0.3 is 5.11 Å². The van der Waals surface area contributed by atoms with Crippen LogP contribution >= 0.6 is 11.3 Å². The summed E-state index contributed by atoms with van der Waals surface area (Å²) in [5, 5.41) is 8.79. The normalized spacial score (nSPS) is 17.4. The fourth-order valence-corrected chi connectivity index (χ4v) is 2.43. The second-order valence-corrected chi connectivity index (χ2v) is 4.56. The molecule has 1 aromatic rings. The molecule has 1 saturated carbocycles. The molecule has 78 valence electrons. The number of halogens is 3. The maximum absolute atomic E-state index is 12.5. The van der Waals surface area contributed by atoms with Crippen molar-refractivity contribution < 1.29 is 18.3 Å². The smallest absolute Gasteiger partial charge is 0.391 e. The molecule has 0 radical (unpaired) electrons. The Morgan fingerprint density at radius 1 is 1.43 bits per heavy atom. The van der Waals surface area contributed by atoms with Crippen LogP contribution in [0.5, 0.6) is 0 Å². The van der Waals surface area contributed by atoms with Gasteiger partial charge in [-0.15, -0.1) is 11.3 Å². The van der Waals surface area contributed by atoms with Crippen molar-refractivity contribution in [2.45, 2.75) is 31.5 Å². The molecule has 0 saturated heterocycles. The third-order valence-electron chi connectivity index (χ3n) is 2.24. The maximum atomic E-state index is 12.5. The molecule has 0 bridgehead atoms. The Kier molecular flexibility index (Phi) is 2.31. The van der Waals surface area contributed by atoms with Crippen LogP contribution in [-0.4, -0.2) is 5.11 Å². The van der Waals surface area contributed by atoms with E-state index in [4.69, 9.17) is 5.11 Å². The zero-order valence-corrected chi connectivity index (χ0v) is 8.08. The number of aliphatic hydroxyl groups is 1. The van der Waals surface area contributed by atoms with Gasteiger partial charge in [0.2, 0.25) is 0 Å². The van der Waals surface area contributed by atoms with E-state index in [9.17, 15) is 13.2 Å². The molecule has 1 nitrogen and oxygen atoms in total. The Hall–Kier alpha value is -0.550. The predicted octanol–water partition coefficient (Wildman–Crippen LogP) is 3.14. The van der Waals surface area contributed by atoms with E-state index >= 15 is 0 Å². The van der Waals surface area contributed by atoms with Crippen LogP contribution in [0.4, 0.5) is 13.2 Å². The topological polar surface area (TPSA) is 20.2 Å². The second-order valence-electron chi connectivity index (χ2n) is 3.43. The summed E-state index contributed by atoms with van der Waals surface area (Å²) in [6, 6.07) is 1.49. The zero-order valence-electron chi connectivity index (χ0n) is 7.27. The molecule has 0 atom stereocenters. The van der Waals surface area contributed by atoms with Gasteiger partial charge in [0.05, 0.1) is 6.61 Å². The van der Waals surface area contributed by atoms with Crippen molar-refractivity contribution in [1.29, 1.82) is 0 Å². The van der Waals surface area contributed by atoms with Gasteiger partial charge in [-0.3, -0.25) is 0 Å². The molecule has 1 N–H and O–H groups in total. The Labute approximate surface area is 83.2 Å². The fraction of sp³-hybridized carbons (Fsp3) is 0.556. The van der Waals surface area contributed by atoms with E-state index in [1.807, 2.05) is 0 Å². The molecule has 1 heterocycles. The van der Waals surface area contributed by atoms with Crippen LogP contribution in [-0.2, 0) is 12.8 Å². The molecule has 1 aliphatic carbocycles. The van der Waals surface area contributed by atoms with Crippen molar-refractivity contribution in [2.75, 3.05) is 0 Å². The van der Waals surface area contributed by atoms with Gasteiger partial charge in [-0.2, -0.15) is 13.2 Å². The minimum absolute atomic E-state index is 0.0724. The Bertz CT molecular complexity index is 338. The van der Waals surface area contributed by atoms with E-state index in [2.05, 4.69) is 0 Å². The Balaban J connectivity index is 2.40. The highest BCUT2D eigenvalue weighted by atomic mass is 32.1. The minimum atomic E-state index is -4.27. The maximum Gasteiger partial charge on any atom is 0.425 e. The van der Waals surface area contributed by atoms with E-state index in [1.54, 1.807) is 0 Å². The highest BCUT2D eigenvalue weighted by Crippen LogP contribution is 2.49. The number of rotatable bonds is 2. The number of aliphatic hydroxyl groups excluding tert-OH is 1. The van der Waals surface area contributed by atoms with Gasteiger partial charge in [-0.05, 0) is 30.4 Å². The average molecular weight is 222 g/mol. The SMILES string of the molecule is OCc1cc(C2CC2)c(C(F)(F)F)s1. The summed E-state index contributed by atoms with van der Waals surface area (Å²) < 4.78 is 37.5. The molecule has 14 heavy (non-hydrogen) atoms.